The molecule has 1 aromatic heterocycles. The Morgan fingerprint density at radius 1 is 0.566 bits per heavy atom. The Balaban J connectivity index is -0.000000400. The monoisotopic (exact) mass is 1080 g/mol. The number of benzene rings is 2. The van der Waals surface area contributed by atoms with Gasteiger partial charge in [0.25, 0.3) is 0 Å². The van der Waals surface area contributed by atoms with E-state index in [1.165, 1.54) is 18.5 Å². The van der Waals surface area contributed by atoms with Crippen molar-refractivity contribution in [2.45, 2.75) is 134 Å². The Kier molecular flexibility index (Phi) is 44.6. The molecule has 1 heterocycles. The van der Waals surface area contributed by atoms with Crippen molar-refractivity contribution in [2.24, 2.45) is 74.2 Å². The number of aliphatic carboxylic acids is 7. The third-order valence-electron chi connectivity index (χ3n) is 9.79. The molecule has 76 heavy (non-hydrogen) atoms. The molecule has 2 aromatic carbocycles. The first-order chi connectivity index (χ1) is 35.3. The molecule has 8 unspecified atom stereocenters. The van der Waals surface area contributed by atoms with E-state index in [4.69, 9.17) is 98.2 Å². The van der Waals surface area contributed by atoms with Gasteiger partial charge >= 0.3 is 41.8 Å². The summed E-state index contributed by atoms with van der Waals surface area (Å²) >= 11 is 0. The highest BCUT2D eigenvalue weighted by Gasteiger charge is 2.18. The summed E-state index contributed by atoms with van der Waals surface area (Å²) in [4.78, 5) is 81.9. The van der Waals surface area contributed by atoms with Gasteiger partial charge in [0.05, 0.1) is 6.33 Å². The van der Waals surface area contributed by atoms with Crippen LogP contribution in [-0.2, 0) is 52.8 Å². The topological polar surface area (TPSA) is 583 Å². The van der Waals surface area contributed by atoms with Crippen molar-refractivity contribution >= 4 is 47.7 Å². The number of guanidine groups is 1. The fraction of sp³-hybridized carbons (Fsp3) is 0.521. The zero-order valence-corrected chi connectivity index (χ0v) is 43.6. The number of unbranched alkanes of at least 4 members (excludes halogenated alkanes) is 1. The third-order valence-corrected chi connectivity index (χ3v) is 9.79. The summed E-state index contributed by atoms with van der Waals surface area (Å²) in [5.41, 5.74) is 54.6. The molecule has 0 aliphatic rings. The molecule has 8 atom stereocenters. The summed E-state index contributed by atoms with van der Waals surface area (Å²) in [6.07, 6.45) is 8.48. The van der Waals surface area contributed by atoms with Gasteiger partial charge in [0, 0.05) is 24.9 Å². The number of nitrogens with zero attached hydrogens (tertiary/aromatic N) is 2. The van der Waals surface area contributed by atoms with E-state index in [0.717, 1.165) is 36.1 Å². The van der Waals surface area contributed by atoms with E-state index in [9.17, 15) is 33.6 Å². The van der Waals surface area contributed by atoms with Crippen LogP contribution in [0.4, 0.5) is 0 Å². The van der Waals surface area contributed by atoms with Crippen molar-refractivity contribution in [3.63, 3.8) is 0 Å². The number of phenols is 1. The average Bonchev–Trinajstić information content (AvgIpc) is 3.87. The molecule has 3 rings (SSSR count). The largest absolute Gasteiger partial charge is 0.508 e. The van der Waals surface area contributed by atoms with E-state index in [1.807, 2.05) is 58.0 Å². The maximum Gasteiger partial charge on any atom is 0.320 e. The lowest BCUT2D eigenvalue weighted by Gasteiger charge is -2.11. The van der Waals surface area contributed by atoms with Crippen LogP contribution in [0.5, 0.6) is 5.75 Å². The highest BCUT2D eigenvalue weighted by Crippen LogP contribution is 2.11. The van der Waals surface area contributed by atoms with Crippen LogP contribution >= 0.6 is 0 Å². The number of carboxylic acid groups (broad SMARTS) is 7. The maximum atomic E-state index is 10.4. The number of H-pyrrole nitrogens is 1. The van der Waals surface area contributed by atoms with Gasteiger partial charge in [-0.2, -0.15) is 0 Å². The number of nitrogens with two attached hydrogens (primary N) is 10. The van der Waals surface area contributed by atoms with Crippen molar-refractivity contribution in [3.05, 3.63) is 83.9 Å². The van der Waals surface area contributed by atoms with E-state index in [2.05, 4.69) is 15.0 Å². The number of hydrogen-bond acceptors (Lipinski definition) is 18. The van der Waals surface area contributed by atoms with Crippen LogP contribution in [0.15, 0.2) is 72.1 Å². The molecule has 0 saturated heterocycles. The zero-order valence-electron chi connectivity index (χ0n) is 43.6. The lowest BCUT2D eigenvalue weighted by Crippen LogP contribution is -2.36. The lowest BCUT2D eigenvalue weighted by atomic mass is 10.0. The summed E-state index contributed by atoms with van der Waals surface area (Å²) in [6.45, 7) is 8.67. The third kappa shape index (κ3) is 45.3. The highest BCUT2D eigenvalue weighted by atomic mass is 16.4. The van der Waals surface area contributed by atoms with Crippen LogP contribution in [0.2, 0.25) is 0 Å². The van der Waals surface area contributed by atoms with Crippen LogP contribution < -0.4 is 57.3 Å². The number of nitrogens with one attached hydrogen (secondary N) is 1. The van der Waals surface area contributed by atoms with Gasteiger partial charge in [-0.25, -0.2) is 4.98 Å². The number of imidazole rings is 1. The normalized spacial score (nSPS) is 13.2. The minimum atomic E-state index is -1.02. The Morgan fingerprint density at radius 2 is 0.987 bits per heavy atom. The van der Waals surface area contributed by atoms with Gasteiger partial charge in [0.2, 0.25) is 0 Å². The standard InChI is InChI=1S/C9H11NO3.C9H11NO2.C6H14N4O2.C6H9N3O2.C6H14N2O2.2C6H13NO2/c10-8(9(12)13)5-6-1-3-7(11)4-2-6;10-8(9(11)12)6-7-4-2-1-3-5-7;7-4(5(11)12)2-1-3-10-6(8)9;7-5(6(10)11)1-4-2-8-3-9-4;7-4-2-1-3-5(8)6(9)10;1-4(2)3-5(7)6(8)9;1-3-4(2)5(7)6(8)9/h1-4,8,11H,5,10H2,(H,12,13);1-5,8H,6,10H2,(H,11,12);4H,1-3,7H2,(H,11,12)(H4,8,9,10);2-3,5H,1,7H2,(H,8,9)(H,10,11);5H,1-4,7-8H2,(H,9,10);2*4-5H,3,7H2,1-2H3,(H,8,9). The summed E-state index contributed by atoms with van der Waals surface area (Å²) in [6, 6.07) is 10.2. The quantitative estimate of drug-likeness (QED) is 0.0281. The van der Waals surface area contributed by atoms with Crippen molar-refractivity contribution in [2.75, 3.05) is 13.1 Å². The summed E-state index contributed by atoms with van der Waals surface area (Å²) in [5, 5.41) is 67.8. The Bertz CT molecular complexity index is 2070. The van der Waals surface area contributed by atoms with E-state index in [0.29, 0.717) is 51.1 Å². The SMILES string of the molecule is CC(C)CC(N)C(=O)O.CCC(C)C(N)C(=O)O.NC(Cc1ccc(O)cc1)C(=O)O.NC(Cc1ccccc1)C(=O)O.NC(Cc1cnc[nH]1)C(=O)O.NC(N)=NCCCC(N)C(=O)O.NCCCCC(N)C(=O)O. The molecular weight excluding hydrogens is 999 g/mol. The number of aliphatic imine (C=N–C) groups is 1. The molecule has 0 bridgehead atoms. The molecule has 432 valence electrons. The summed E-state index contributed by atoms with van der Waals surface area (Å²) in [5.74, 6) is -6.14. The van der Waals surface area contributed by atoms with Crippen LogP contribution in [0.3, 0.4) is 0 Å². The Morgan fingerprint density at radius 3 is 1.32 bits per heavy atom. The molecule has 0 aliphatic heterocycles. The first-order valence-electron chi connectivity index (χ1n) is 23.8. The van der Waals surface area contributed by atoms with Crippen molar-refractivity contribution in [3.8, 4) is 5.75 Å². The average molecular weight is 1080 g/mol. The molecule has 28 heteroatoms. The molecule has 0 aliphatic carbocycles. The number of carboxylic acids is 7. The Labute approximate surface area is 442 Å². The van der Waals surface area contributed by atoms with Gasteiger partial charge in [-0.3, -0.25) is 38.6 Å². The molecule has 28 nitrogen and oxygen atoms in total. The maximum absolute atomic E-state index is 10.4. The van der Waals surface area contributed by atoms with Gasteiger partial charge in [0.1, 0.15) is 48.0 Å². The smallest absolute Gasteiger partial charge is 0.320 e. The van der Waals surface area contributed by atoms with Gasteiger partial charge in [-0.1, -0.05) is 83.0 Å². The van der Waals surface area contributed by atoms with Crippen LogP contribution in [0.1, 0.15) is 89.5 Å². The number of carbonyl (C=O) groups is 7. The second-order valence-electron chi connectivity index (χ2n) is 17.1. The summed E-state index contributed by atoms with van der Waals surface area (Å²) in [7, 11) is 0. The number of phenolic OH excluding ortho intramolecular Hbond substituents is 1. The molecule has 29 N–H and O–H groups in total. The number of rotatable bonds is 25. The van der Waals surface area contributed by atoms with Crippen LogP contribution in [0, 0.1) is 11.8 Å². The van der Waals surface area contributed by atoms with Gasteiger partial charge in [-0.05, 0) is 86.6 Å². The minimum Gasteiger partial charge on any atom is -0.508 e. The molecule has 0 amide bonds. The number of aromatic amines is 1. The second-order valence-corrected chi connectivity index (χ2v) is 17.1. The van der Waals surface area contributed by atoms with E-state index < -0.39 is 84.1 Å². The van der Waals surface area contributed by atoms with E-state index in [1.54, 1.807) is 18.3 Å². The molecule has 3 aromatic rings. The van der Waals surface area contributed by atoms with E-state index in [-0.39, 0.29) is 30.5 Å². The first kappa shape index (κ1) is 75.2. The van der Waals surface area contributed by atoms with Crippen molar-refractivity contribution in [1.82, 2.24) is 9.97 Å². The predicted molar refractivity (Wildman–Crippen MR) is 285 cm³/mol. The minimum absolute atomic E-state index is 0.0129. The fourth-order valence-corrected chi connectivity index (χ4v) is 5.03. The molecule has 0 saturated carbocycles. The van der Waals surface area contributed by atoms with Crippen LogP contribution in [0.25, 0.3) is 0 Å². The molecule has 0 radical (unpaired) electrons. The predicted octanol–water partition coefficient (Wildman–Crippen LogP) is -0.780. The zero-order chi connectivity index (χ0) is 59.5. The second kappa shape index (κ2) is 45.1. The van der Waals surface area contributed by atoms with E-state index >= 15 is 0 Å². The molecule has 0 fully saturated rings. The van der Waals surface area contributed by atoms with Gasteiger partial charge in [-0.15, -0.1) is 0 Å². The molecule has 0 spiro atoms. The van der Waals surface area contributed by atoms with Crippen molar-refractivity contribution in [1.29, 1.82) is 0 Å². The fourth-order valence-electron chi connectivity index (χ4n) is 5.03. The number of aromatic hydroxyl groups is 1. The van der Waals surface area contributed by atoms with Crippen molar-refractivity contribution < 1.29 is 74.4 Å². The van der Waals surface area contributed by atoms with Gasteiger partial charge in [0.15, 0.2) is 5.96 Å². The Hall–Kier alpha value is -7.31. The van der Waals surface area contributed by atoms with Gasteiger partial charge < -0.3 is 103 Å². The number of hydrogen-bond donors (Lipinski definition) is 19. The highest BCUT2D eigenvalue weighted by molar-refractivity contribution is 5.76. The lowest BCUT2D eigenvalue weighted by molar-refractivity contribution is -0.140. The molecular formula is C48H85N13O15. The summed E-state index contributed by atoms with van der Waals surface area (Å²) < 4.78 is 0. The first-order valence-corrected chi connectivity index (χ1v) is 23.8. The van der Waals surface area contributed by atoms with Crippen LogP contribution in [-0.4, -0.2) is 154 Å². The number of aromatic nitrogens is 2.